The molecule has 1 amide bonds. The summed E-state index contributed by atoms with van der Waals surface area (Å²) in [6.07, 6.45) is 0. The van der Waals surface area contributed by atoms with E-state index in [1.807, 2.05) is 31.2 Å². The van der Waals surface area contributed by atoms with Crippen LogP contribution in [0.25, 0.3) is 0 Å². The largest absolute Gasteiger partial charge is 0.496 e. The van der Waals surface area contributed by atoms with Crippen LogP contribution < -0.4 is 10.1 Å². The Hall–Kier alpha value is -2.01. The van der Waals surface area contributed by atoms with Gasteiger partial charge in [-0.3, -0.25) is 4.79 Å². The monoisotopic (exact) mass is 319 g/mol. The van der Waals surface area contributed by atoms with Crippen molar-refractivity contribution in [2.75, 3.05) is 12.9 Å². The number of benzene rings is 2. The number of nitrogens with one attached hydrogen (secondary N) is 1. The van der Waals surface area contributed by atoms with Crippen molar-refractivity contribution in [2.45, 2.75) is 17.9 Å². The van der Waals surface area contributed by atoms with Crippen LogP contribution in [0.1, 0.15) is 18.5 Å². The highest BCUT2D eigenvalue weighted by Crippen LogP contribution is 2.24. The number of para-hydroxylation sites is 1. The van der Waals surface area contributed by atoms with Gasteiger partial charge in [-0.05, 0) is 37.3 Å². The molecular weight excluding hydrogens is 301 g/mol. The summed E-state index contributed by atoms with van der Waals surface area (Å²) >= 11 is 1.37. The molecule has 1 N–H and O–H groups in total. The Balaban J connectivity index is 1.90. The van der Waals surface area contributed by atoms with E-state index in [0.29, 0.717) is 0 Å². The average molecular weight is 319 g/mol. The van der Waals surface area contributed by atoms with E-state index in [2.05, 4.69) is 5.32 Å². The van der Waals surface area contributed by atoms with E-state index in [0.717, 1.165) is 16.2 Å². The Morgan fingerprint density at radius 3 is 2.59 bits per heavy atom. The molecule has 0 aliphatic rings. The Morgan fingerprint density at radius 2 is 1.91 bits per heavy atom. The molecule has 0 fully saturated rings. The quantitative estimate of drug-likeness (QED) is 0.823. The summed E-state index contributed by atoms with van der Waals surface area (Å²) in [5.74, 6) is 0.679. The molecule has 0 saturated carbocycles. The van der Waals surface area contributed by atoms with Crippen molar-refractivity contribution in [3.8, 4) is 5.75 Å². The molecule has 0 saturated heterocycles. The molecule has 0 aliphatic heterocycles. The predicted octanol–water partition coefficient (Wildman–Crippen LogP) is 3.80. The fourth-order valence-corrected chi connectivity index (χ4v) is 2.77. The summed E-state index contributed by atoms with van der Waals surface area (Å²) in [6.45, 7) is 1.91. The first-order valence-corrected chi connectivity index (χ1v) is 7.89. The summed E-state index contributed by atoms with van der Waals surface area (Å²) in [6, 6.07) is 13.6. The number of halogens is 1. The lowest BCUT2D eigenvalue weighted by Crippen LogP contribution is -2.28. The Kier molecular flexibility index (Phi) is 5.83. The van der Waals surface area contributed by atoms with Crippen LogP contribution in [-0.4, -0.2) is 18.8 Å². The topological polar surface area (TPSA) is 38.3 Å². The molecule has 0 aliphatic carbocycles. The number of amides is 1. The maximum atomic E-state index is 12.8. The maximum absolute atomic E-state index is 12.8. The first-order valence-electron chi connectivity index (χ1n) is 6.91. The third-order valence-corrected chi connectivity index (χ3v) is 4.18. The molecule has 2 rings (SSSR count). The van der Waals surface area contributed by atoms with Crippen LogP contribution in [0.4, 0.5) is 4.39 Å². The summed E-state index contributed by atoms with van der Waals surface area (Å²) in [4.78, 5) is 12.9. The van der Waals surface area contributed by atoms with Gasteiger partial charge in [0.05, 0.1) is 18.9 Å². The minimum Gasteiger partial charge on any atom is -0.496 e. The Labute approximate surface area is 133 Å². The number of thioether (sulfide) groups is 1. The third kappa shape index (κ3) is 4.49. The minimum atomic E-state index is -0.279. The number of carbonyl (C=O) groups excluding carboxylic acids is 1. The number of carbonyl (C=O) groups is 1. The van der Waals surface area contributed by atoms with Crippen molar-refractivity contribution in [1.82, 2.24) is 5.32 Å². The molecule has 0 spiro atoms. The highest BCUT2D eigenvalue weighted by molar-refractivity contribution is 8.00. The lowest BCUT2D eigenvalue weighted by molar-refractivity contribution is -0.119. The van der Waals surface area contributed by atoms with Gasteiger partial charge in [-0.1, -0.05) is 18.2 Å². The van der Waals surface area contributed by atoms with E-state index in [-0.39, 0.29) is 23.5 Å². The molecule has 2 aromatic rings. The summed E-state index contributed by atoms with van der Waals surface area (Å²) in [5.41, 5.74) is 0.935. The maximum Gasteiger partial charge on any atom is 0.230 e. The second kappa shape index (κ2) is 7.84. The molecule has 1 unspecified atom stereocenters. The van der Waals surface area contributed by atoms with Crippen molar-refractivity contribution in [2.24, 2.45) is 0 Å². The van der Waals surface area contributed by atoms with E-state index in [1.54, 1.807) is 19.2 Å². The molecule has 5 heteroatoms. The fourth-order valence-electron chi connectivity index (χ4n) is 2.06. The SMILES string of the molecule is COc1ccccc1C(C)NC(=O)CSc1ccc(F)cc1. The molecule has 3 nitrogen and oxygen atoms in total. The third-order valence-electron chi connectivity index (χ3n) is 3.17. The van der Waals surface area contributed by atoms with Crippen LogP contribution in [0.3, 0.4) is 0 Å². The van der Waals surface area contributed by atoms with Crippen molar-refractivity contribution in [1.29, 1.82) is 0 Å². The van der Waals surface area contributed by atoms with Crippen LogP contribution in [0.2, 0.25) is 0 Å². The first kappa shape index (κ1) is 16.4. The summed E-state index contributed by atoms with van der Waals surface area (Å²) in [5, 5.41) is 2.94. The van der Waals surface area contributed by atoms with Gasteiger partial charge in [0.15, 0.2) is 0 Å². The zero-order valence-electron chi connectivity index (χ0n) is 12.5. The number of hydrogen-bond donors (Lipinski definition) is 1. The Morgan fingerprint density at radius 1 is 1.23 bits per heavy atom. The van der Waals surface area contributed by atoms with Gasteiger partial charge in [0.2, 0.25) is 5.91 Å². The van der Waals surface area contributed by atoms with Crippen molar-refractivity contribution < 1.29 is 13.9 Å². The molecule has 0 radical (unpaired) electrons. The smallest absolute Gasteiger partial charge is 0.230 e. The molecule has 0 heterocycles. The van der Waals surface area contributed by atoms with E-state index in [4.69, 9.17) is 4.74 Å². The first-order chi connectivity index (χ1) is 10.6. The van der Waals surface area contributed by atoms with Crippen LogP contribution in [0, 0.1) is 5.82 Å². The van der Waals surface area contributed by atoms with Crippen LogP contribution in [-0.2, 0) is 4.79 Å². The van der Waals surface area contributed by atoms with Gasteiger partial charge in [-0.15, -0.1) is 11.8 Å². The molecular formula is C17H18FNO2S. The van der Waals surface area contributed by atoms with Crippen LogP contribution in [0.15, 0.2) is 53.4 Å². The van der Waals surface area contributed by atoms with Crippen LogP contribution >= 0.6 is 11.8 Å². The van der Waals surface area contributed by atoms with E-state index < -0.39 is 0 Å². The van der Waals surface area contributed by atoms with Gasteiger partial charge < -0.3 is 10.1 Å². The molecule has 1 atom stereocenters. The zero-order chi connectivity index (χ0) is 15.9. The number of rotatable bonds is 6. The Bertz CT molecular complexity index is 631. The highest BCUT2D eigenvalue weighted by atomic mass is 32.2. The van der Waals surface area contributed by atoms with Gasteiger partial charge in [-0.2, -0.15) is 0 Å². The van der Waals surface area contributed by atoms with E-state index >= 15 is 0 Å². The van der Waals surface area contributed by atoms with Crippen LogP contribution in [0.5, 0.6) is 5.75 Å². The number of methoxy groups -OCH3 is 1. The highest BCUT2D eigenvalue weighted by Gasteiger charge is 2.13. The number of hydrogen-bond acceptors (Lipinski definition) is 3. The second-order valence-corrected chi connectivity index (χ2v) is 5.82. The van der Waals surface area contributed by atoms with Crippen molar-refractivity contribution >= 4 is 17.7 Å². The minimum absolute atomic E-state index is 0.0762. The van der Waals surface area contributed by atoms with Crippen molar-refractivity contribution in [3.05, 3.63) is 59.9 Å². The van der Waals surface area contributed by atoms with Crippen molar-refractivity contribution in [3.63, 3.8) is 0 Å². The van der Waals surface area contributed by atoms with Gasteiger partial charge in [0.25, 0.3) is 0 Å². The predicted molar refractivity (Wildman–Crippen MR) is 86.7 cm³/mol. The van der Waals surface area contributed by atoms with Gasteiger partial charge in [0.1, 0.15) is 11.6 Å². The molecule has 2 aromatic carbocycles. The fraction of sp³-hybridized carbons (Fsp3) is 0.235. The van der Waals surface area contributed by atoms with E-state index in [9.17, 15) is 9.18 Å². The molecule has 116 valence electrons. The lowest BCUT2D eigenvalue weighted by atomic mass is 10.1. The number of ether oxygens (including phenoxy) is 1. The van der Waals surface area contributed by atoms with Gasteiger partial charge in [0, 0.05) is 10.5 Å². The summed E-state index contributed by atoms with van der Waals surface area (Å²) in [7, 11) is 1.61. The van der Waals surface area contributed by atoms with Gasteiger partial charge in [-0.25, -0.2) is 4.39 Å². The normalized spacial score (nSPS) is 11.8. The zero-order valence-corrected chi connectivity index (χ0v) is 13.3. The molecule has 0 bridgehead atoms. The average Bonchev–Trinajstić information content (AvgIpc) is 2.54. The summed E-state index contributed by atoms with van der Waals surface area (Å²) < 4.78 is 18.1. The standard InChI is InChI=1S/C17H18FNO2S/c1-12(15-5-3-4-6-16(15)21-2)19-17(20)11-22-14-9-7-13(18)8-10-14/h3-10,12H,11H2,1-2H3,(H,19,20). The molecule has 22 heavy (non-hydrogen) atoms. The molecule has 0 aromatic heterocycles. The van der Waals surface area contributed by atoms with Gasteiger partial charge >= 0.3 is 0 Å². The van der Waals surface area contributed by atoms with E-state index in [1.165, 1.54) is 23.9 Å². The second-order valence-electron chi connectivity index (χ2n) is 4.77. The lowest BCUT2D eigenvalue weighted by Gasteiger charge is -2.17.